The van der Waals surface area contributed by atoms with Crippen molar-refractivity contribution in [3.8, 4) is 0 Å². The fraction of sp³-hybridized carbons (Fsp3) is 0.529. The summed E-state index contributed by atoms with van der Waals surface area (Å²) in [5.74, 6) is 1.49. The van der Waals surface area contributed by atoms with Crippen LogP contribution in [-0.2, 0) is 13.0 Å². The molecule has 0 N–H and O–H groups in total. The van der Waals surface area contributed by atoms with Crippen molar-refractivity contribution in [3.05, 3.63) is 36.2 Å². The number of fused-ring (bicyclic) bond motifs is 1. The average molecular weight is 243 g/mol. The summed E-state index contributed by atoms with van der Waals surface area (Å²) in [5, 5.41) is 2.83. The van der Waals surface area contributed by atoms with Crippen LogP contribution in [-0.4, -0.2) is 4.57 Å². The fourth-order valence-corrected chi connectivity index (χ4v) is 2.44. The zero-order valence-corrected chi connectivity index (χ0v) is 12.1. The topological polar surface area (TPSA) is 4.93 Å². The van der Waals surface area contributed by atoms with Gasteiger partial charge in [0.2, 0.25) is 0 Å². The summed E-state index contributed by atoms with van der Waals surface area (Å²) in [5.41, 5.74) is 1.49. The Kier molecular flexibility index (Phi) is 4.11. The maximum atomic E-state index is 2.36. The SMILES string of the molecule is CC(C)CCn1cc2cccc(CC(C)C)c2c1. The molecule has 0 radical (unpaired) electrons. The summed E-state index contributed by atoms with van der Waals surface area (Å²) in [6.07, 6.45) is 7.04. The molecule has 98 valence electrons. The van der Waals surface area contributed by atoms with E-state index in [1.165, 1.54) is 29.2 Å². The standard InChI is InChI=1S/C17H25N/c1-13(2)8-9-18-11-16-7-5-6-15(10-14(3)4)17(16)12-18/h5-7,11-14H,8-10H2,1-4H3. The predicted octanol–water partition coefficient (Wildman–Crippen LogP) is 4.89. The van der Waals surface area contributed by atoms with Crippen molar-refractivity contribution in [2.45, 2.75) is 47.1 Å². The molecule has 0 unspecified atom stereocenters. The van der Waals surface area contributed by atoms with Gasteiger partial charge in [-0.2, -0.15) is 0 Å². The summed E-state index contributed by atoms with van der Waals surface area (Å²) in [7, 11) is 0. The third-order valence-corrected chi connectivity index (χ3v) is 3.42. The number of hydrogen-bond donors (Lipinski definition) is 0. The van der Waals surface area contributed by atoms with E-state index in [0.717, 1.165) is 18.4 Å². The van der Waals surface area contributed by atoms with Crippen molar-refractivity contribution in [2.75, 3.05) is 0 Å². The largest absolute Gasteiger partial charge is 0.353 e. The van der Waals surface area contributed by atoms with Gasteiger partial charge in [0, 0.05) is 24.3 Å². The van der Waals surface area contributed by atoms with Crippen LogP contribution in [0.3, 0.4) is 0 Å². The Morgan fingerprint density at radius 1 is 1.00 bits per heavy atom. The van der Waals surface area contributed by atoms with E-state index in [1.54, 1.807) is 0 Å². The van der Waals surface area contributed by atoms with Crippen LogP contribution in [0.2, 0.25) is 0 Å². The van der Waals surface area contributed by atoms with Gasteiger partial charge in [0.1, 0.15) is 0 Å². The van der Waals surface area contributed by atoms with Gasteiger partial charge in [0.15, 0.2) is 0 Å². The lowest BCUT2D eigenvalue weighted by atomic mass is 9.99. The zero-order valence-electron chi connectivity index (χ0n) is 12.1. The lowest BCUT2D eigenvalue weighted by Crippen LogP contribution is -1.98. The van der Waals surface area contributed by atoms with Crippen LogP contribution in [0.4, 0.5) is 0 Å². The highest BCUT2D eigenvalue weighted by Gasteiger charge is 2.06. The zero-order chi connectivity index (χ0) is 13.1. The van der Waals surface area contributed by atoms with Crippen LogP contribution in [0.15, 0.2) is 30.6 Å². The molecule has 18 heavy (non-hydrogen) atoms. The van der Waals surface area contributed by atoms with Crippen LogP contribution in [0.1, 0.15) is 39.7 Å². The Morgan fingerprint density at radius 3 is 2.44 bits per heavy atom. The van der Waals surface area contributed by atoms with E-state index in [1.807, 2.05) is 0 Å². The highest BCUT2D eigenvalue weighted by molar-refractivity contribution is 5.85. The number of hydrogen-bond acceptors (Lipinski definition) is 0. The number of nitrogens with zero attached hydrogens (tertiary/aromatic N) is 1. The molecule has 0 saturated carbocycles. The normalized spacial score (nSPS) is 11.9. The molecule has 1 aromatic heterocycles. The molecule has 0 amide bonds. The second-order valence-electron chi connectivity index (χ2n) is 6.20. The molecular weight excluding hydrogens is 218 g/mol. The Bertz CT molecular complexity index is 505. The minimum absolute atomic E-state index is 0.717. The van der Waals surface area contributed by atoms with Crippen LogP contribution in [0.5, 0.6) is 0 Å². The molecule has 0 aliphatic rings. The average Bonchev–Trinajstić information content (AvgIpc) is 2.69. The van der Waals surface area contributed by atoms with Crippen molar-refractivity contribution >= 4 is 10.8 Å². The first-order valence-corrected chi connectivity index (χ1v) is 7.13. The van der Waals surface area contributed by atoms with Crippen LogP contribution < -0.4 is 0 Å². The van der Waals surface area contributed by atoms with Gasteiger partial charge in [0.05, 0.1) is 0 Å². The Balaban J connectivity index is 2.26. The maximum absolute atomic E-state index is 2.36. The van der Waals surface area contributed by atoms with E-state index in [-0.39, 0.29) is 0 Å². The first-order valence-electron chi connectivity index (χ1n) is 7.13. The van der Waals surface area contributed by atoms with Gasteiger partial charge < -0.3 is 4.57 Å². The maximum Gasteiger partial charge on any atom is 0.0222 e. The molecule has 2 aromatic rings. The van der Waals surface area contributed by atoms with E-state index in [2.05, 4.69) is 62.9 Å². The van der Waals surface area contributed by atoms with Crippen molar-refractivity contribution in [2.24, 2.45) is 11.8 Å². The Morgan fingerprint density at radius 2 is 1.78 bits per heavy atom. The van der Waals surface area contributed by atoms with Crippen molar-refractivity contribution < 1.29 is 0 Å². The fourth-order valence-electron chi connectivity index (χ4n) is 2.44. The molecule has 0 bridgehead atoms. The summed E-state index contributed by atoms with van der Waals surface area (Å²) >= 11 is 0. The van der Waals surface area contributed by atoms with Crippen LogP contribution >= 0.6 is 0 Å². The van der Waals surface area contributed by atoms with Gasteiger partial charge in [-0.15, -0.1) is 0 Å². The van der Waals surface area contributed by atoms with Gasteiger partial charge >= 0.3 is 0 Å². The van der Waals surface area contributed by atoms with Crippen molar-refractivity contribution in [1.82, 2.24) is 4.57 Å². The number of benzene rings is 1. The smallest absolute Gasteiger partial charge is 0.0222 e. The van der Waals surface area contributed by atoms with Crippen LogP contribution in [0.25, 0.3) is 10.8 Å². The van der Waals surface area contributed by atoms with Gasteiger partial charge in [-0.3, -0.25) is 0 Å². The molecule has 0 aliphatic heterocycles. The van der Waals surface area contributed by atoms with E-state index >= 15 is 0 Å². The van der Waals surface area contributed by atoms with Gasteiger partial charge in [0.25, 0.3) is 0 Å². The highest BCUT2D eigenvalue weighted by Crippen LogP contribution is 2.23. The lowest BCUT2D eigenvalue weighted by Gasteiger charge is -2.06. The predicted molar refractivity (Wildman–Crippen MR) is 79.9 cm³/mol. The monoisotopic (exact) mass is 243 g/mol. The highest BCUT2D eigenvalue weighted by atomic mass is 14.9. The molecule has 0 aliphatic carbocycles. The molecule has 1 heterocycles. The summed E-state index contributed by atoms with van der Waals surface area (Å²) in [4.78, 5) is 0. The molecule has 0 fully saturated rings. The van der Waals surface area contributed by atoms with Gasteiger partial charge in [-0.1, -0.05) is 45.9 Å². The summed E-state index contributed by atoms with van der Waals surface area (Å²) < 4.78 is 2.36. The third-order valence-electron chi connectivity index (χ3n) is 3.42. The van der Waals surface area contributed by atoms with Gasteiger partial charge in [-0.25, -0.2) is 0 Å². The molecular formula is C17H25N. The molecule has 1 aromatic carbocycles. The van der Waals surface area contributed by atoms with Crippen molar-refractivity contribution in [3.63, 3.8) is 0 Å². The van der Waals surface area contributed by atoms with E-state index in [9.17, 15) is 0 Å². The molecule has 0 spiro atoms. The quantitative estimate of drug-likeness (QED) is 0.705. The summed E-state index contributed by atoms with van der Waals surface area (Å²) in [6.45, 7) is 10.3. The first-order chi connectivity index (χ1) is 8.56. The molecule has 0 saturated heterocycles. The third kappa shape index (κ3) is 3.16. The Hall–Kier alpha value is -1.24. The number of aryl methyl sites for hydroxylation is 1. The number of rotatable bonds is 5. The summed E-state index contributed by atoms with van der Waals surface area (Å²) in [6, 6.07) is 6.69. The molecule has 0 atom stereocenters. The minimum atomic E-state index is 0.717. The first kappa shape index (κ1) is 13.2. The molecule has 1 heteroatoms. The van der Waals surface area contributed by atoms with Crippen LogP contribution in [0, 0.1) is 11.8 Å². The second-order valence-corrected chi connectivity index (χ2v) is 6.20. The van der Waals surface area contributed by atoms with E-state index in [0.29, 0.717) is 0 Å². The van der Waals surface area contributed by atoms with Crippen molar-refractivity contribution in [1.29, 1.82) is 0 Å². The Labute approximate surface area is 111 Å². The van der Waals surface area contributed by atoms with E-state index in [4.69, 9.17) is 0 Å². The molecule has 1 nitrogen and oxygen atoms in total. The van der Waals surface area contributed by atoms with E-state index < -0.39 is 0 Å². The van der Waals surface area contributed by atoms with Gasteiger partial charge in [-0.05, 0) is 35.6 Å². The second kappa shape index (κ2) is 5.60. The minimum Gasteiger partial charge on any atom is -0.353 e. The lowest BCUT2D eigenvalue weighted by molar-refractivity contribution is 0.518. The molecule has 2 rings (SSSR count). The number of aromatic nitrogens is 1.